The molecule has 3 rings (SSSR count). The van der Waals surface area contributed by atoms with E-state index in [-0.39, 0.29) is 5.91 Å². The first kappa shape index (κ1) is 16.2. The van der Waals surface area contributed by atoms with E-state index in [2.05, 4.69) is 27.4 Å². The largest absolute Gasteiger partial charge is 0.347 e. The fraction of sp³-hybridized carbons (Fsp3) is 0.588. The monoisotopic (exact) mass is 332 g/mol. The van der Waals surface area contributed by atoms with Crippen LogP contribution in [-0.2, 0) is 13.0 Å². The smallest absolute Gasteiger partial charge is 0.255 e. The Balaban J connectivity index is 1.68. The van der Waals surface area contributed by atoms with Crippen molar-refractivity contribution in [3.8, 4) is 0 Å². The molecule has 0 spiro atoms. The highest BCUT2D eigenvalue weighted by Crippen LogP contribution is 2.33. The summed E-state index contributed by atoms with van der Waals surface area (Å²) in [6, 6.07) is 0. The molecule has 124 valence electrons. The Morgan fingerprint density at radius 2 is 2.17 bits per heavy atom. The van der Waals surface area contributed by atoms with Gasteiger partial charge >= 0.3 is 0 Å². The first-order valence-electron chi connectivity index (χ1n) is 8.45. The summed E-state index contributed by atoms with van der Waals surface area (Å²) in [5.41, 5.74) is 2.81. The molecule has 23 heavy (non-hydrogen) atoms. The Hall–Kier alpha value is -1.69. The molecule has 1 amide bonds. The highest BCUT2D eigenvalue weighted by molar-refractivity contribution is 7.11. The first-order chi connectivity index (χ1) is 11.2. The average molecular weight is 332 g/mol. The maximum absolute atomic E-state index is 12.6. The Morgan fingerprint density at radius 1 is 1.39 bits per heavy atom. The second-order valence-electron chi connectivity index (χ2n) is 6.17. The molecule has 0 aromatic carbocycles. The van der Waals surface area contributed by atoms with Gasteiger partial charge in [0.05, 0.1) is 34.7 Å². The maximum Gasteiger partial charge on any atom is 0.255 e. The number of thiazole rings is 1. The molecule has 1 aliphatic rings. The third-order valence-electron chi connectivity index (χ3n) is 4.56. The molecule has 1 aliphatic carbocycles. The Kier molecular flexibility index (Phi) is 5.10. The molecule has 2 aromatic rings. The summed E-state index contributed by atoms with van der Waals surface area (Å²) in [5, 5.41) is 11.3. The van der Waals surface area contributed by atoms with Gasteiger partial charge in [-0.15, -0.1) is 11.3 Å². The summed E-state index contributed by atoms with van der Waals surface area (Å²) < 4.78 is 0. The second-order valence-corrected chi connectivity index (χ2v) is 7.46. The van der Waals surface area contributed by atoms with E-state index in [1.54, 1.807) is 17.5 Å². The zero-order chi connectivity index (χ0) is 16.2. The van der Waals surface area contributed by atoms with Gasteiger partial charge in [-0.3, -0.25) is 9.89 Å². The van der Waals surface area contributed by atoms with Crippen LogP contribution in [0.25, 0.3) is 0 Å². The second kappa shape index (κ2) is 7.25. The number of carbonyl (C=O) groups is 1. The standard InChI is InChI=1S/C17H24N4OS/c1-3-14-15(23-11(2)20-14)10-18-17(22)13-9-19-21-16(13)12-7-5-4-6-8-12/h9,12H,3-8,10H2,1-2H3,(H,18,22)(H,19,21). The predicted molar refractivity (Wildman–Crippen MR) is 91.8 cm³/mol. The maximum atomic E-state index is 12.6. The summed E-state index contributed by atoms with van der Waals surface area (Å²) in [5.74, 6) is 0.413. The molecule has 0 aliphatic heterocycles. The molecule has 0 unspecified atom stereocenters. The number of aryl methyl sites for hydroxylation is 2. The van der Waals surface area contributed by atoms with E-state index in [1.807, 2.05) is 6.92 Å². The number of H-pyrrole nitrogens is 1. The van der Waals surface area contributed by atoms with E-state index in [9.17, 15) is 4.79 Å². The van der Waals surface area contributed by atoms with E-state index in [1.165, 1.54) is 19.3 Å². The molecule has 2 aromatic heterocycles. The lowest BCUT2D eigenvalue weighted by Gasteiger charge is -2.21. The van der Waals surface area contributed by atoms with E-state index in [4.69, 9.17) is 0 Å². The van der Waals surface area contributed by atoms with Gasteiger partial charge in [-0.05, 0) is 26.2 Å². The summed E-state index contributed by atoms with van der Waals surface area (Å²) >= 11 is 1.66. The van der Waals surface area contributed by atoms with Crippen LogP contribution in [-0.4, -0.2) is 21.1 Å². The number of nitrogens with one attached hydrogen (secondary N) is 2. The van der Waals surface area contributed by atoms with Crippen molar-refractivity contribution in [2.75, 3.05) is 0 Å². The van der Waals surface area contributed by atoms with E-state index >= 15 is 0 Å². The Bertz CT molecular complexity index is 670. The summed E-state index contributed by atoms with van der Waals surface area (Å²) in [6.07, 6.45) is 8.64. The zero-order valence-corrected chi connectivity index (χ0v) is 14.6. The minimum Gasteiger partial charge on any atom is -0.347 e. The molecule has 0 bridgehead atoms. The molecule has 1 saturated carbocycles. The van der Waals surface area contributed by atoms with Crippen LogP contribution in [0.2, 0.25) is 0 Å². The molecule has 0 atom stereocenters. The quantitative estimate of drug-likeness (QED) is 0.877. The highest BCUT2D eigenvalue weighted by Gasteiger charge is 2.23. The number of hydrogen-bond acceptors (Lipinski definition) is 4. The molecular formula is C17H24N4OS. The lowest BCUT2D eigenvalue weighted by molar-refractivity contribution is 0.0949. The fourth-order valence-corrected chi connectivity index (χ4v) is 4.33. The van der Waals surface area contributed by atoms with Gasteiger partial charge in [-0.25, -0.2) is 4.98 Å². The van der Waals surface area contributed by atoms with Gasteiger partial charge in [0.2, 0.25) is 0 Å². The zero-order valence-electron chi connectivity index (χ0n) is 13.8. The molecule has 0 saturated heterocycles. The van der Waals surface area contributed by atoms with Crippen LogP contribution in [0, 0.1) is 6.92 Å². The van der Waals surface area contributed by atoms with Gasteiger partial charge in [0, 0.05) is 10.8 Å². The highest BCUT2D eigenvalue weighted by atomic mass is 32.1. The van der Waals surface area contributed by atoms with Crippen LogP contribution in [0.1, 0.15) is 76.6 Å². The Morgan fingerprint density at radius 3 is 2.91 bits per heavy atom. The van der Waals surface area contributed by atoms with Crippen molar-refractivity contribution < 1.29 is 4.79 Å². The van der Waals surface area contributed by atoms with Crippen molar-refractivity contribution in [2.45, 2.75) is 64.8 Å². The van der Waals surface area contributed by atoms with E-state index in [0.29, 0.717) is 18.0 Å². The van der Waals surface area contributed by atoms with Crippen molar-refractivity contribution in [2.24, 2.45) is 0 Å². The Labute approximate surface area is 140 Å². The first-order valence-corrected chi connectivity index (χ1v) is 9.27. The SMILES string of the molecule is CCc1nc(C)sc1CNC(=O)c1cn[nH]c1C1CCCCC1. The van der Waals surface area contributed by atoms with Gasteiger partial charge in [-0.1, -0.05) is 26.2 Å². The summed E-state index contributed by atoms with van der Waals surface area (Å²) in [7, 11) is 0. The molecule has 2 heterocycles. The fourth-order valence-electron chi connectivity index (χ4n) is 3.36. The normalized spacial score (nSPS) is 15.7. The van der Waals surface area contributed by atoms with Gasteiger partial charge in [-0.2, -0.15) is 5.10 Å². The molecule has 2 N–H and O–H groups in total. The number of nitrogens with zero attached hydrogens (tertiary/aromatic N) is 2. The van der Waals surface area contributed by atoms with Crippen LogP contribution >= 0.6 is 11.3 Å². The van der Waals surface area contributed by atoms with Crippen LogP contribution < -0.4 is 5.32 Å². The van der Waals surface area contributed by atoms with Crippen LogP contribution in [0.4, 0.5) is 0 Å². The van der Waals surface area contributed by atoms with Gasteiger partial charge < -0.3 is 5.32 Å². The van der Waals surface area contributed by atoms with Crippen LogP contribution in [0.15, 0.2) is 6.20 Å². The molecule has 0 radical (unpaired) electrons. The van der Waals surface area contributed by atoms with Gasteiger partial charge in [0.15, 0.2) is 0 Å². The topological polar surface area (TPSA) is 70.7 Å². The molecule has 6 heteroatoms. The molecule has 5 nitrogen and oxygen atoms in total. The molecular weight excluding hydrogens is 308 g/mol. The van der Waals surface area contributed by atoms with E-state index < -0.39 is 0 Å². The number of rotatable bonds is 5. The summed E-state index contributed by atoms with van der Waals surface area (Å²) in [4.78, 5) is 18.2. The van der Waals surface area contributed by atoms with Crippen molar-refractivity contribution in [3.05, 3.63) is 33.0 Å². The van der Waals surface area contributed by atoms with Crippen molar-refractivity contribution in [3.63, 3.8) is 0 Å². The average Bonchev–Trinajstić information content (AvgIpc) is 3.19. The van der Waals surface area contributed by atoms with Crippen LogP contribution in [0.5, 0.6) is 0 Å². The summed E-state index contributed by atoms with van der Waals surface area (Å²) in [6.45, 7) is 4.65. The number of carbonyl (C=O) groups excluding carboxylic acids is 1. The lowest BCUT2D eigenvalue weighted by Crippen LogP contribution is -2.24. The minimum atomic E-state index is -0.0348. The van der Waals surface area contributed by atoms with Crippen LogP contribution in [0.3, 0.4) is 0 Å². The molecule has 1 fully saturated rings. The number of aromatic nitrogens is 3. The lowest BCUT2D eigenvalue weighted by atomic mass is 9.85. The van der Waals surface area contributed by atoms with E-state index in [0.717, 1.165) is 40.5 Å². The van der Waals surface area contributed by atoms with Crippen molar-refractivity contribution in [1.82, 2.24) is 20.5 Å². The number of hydrogen-bond donors (Lipinski definition) is 2. The van der Waals surface area contributed by atoms with Crippen molar-refractivity contribution >= 4 is 17.2 Å². The van der Waals surface area contributed by atoms with Crippen molar-refractivity contribution in [1.29, 1.82) is 0 Å². The minimum absolute atomic E-state index is 0.0348. The van der Waals surface area contributed by atoms with Gasteiger partial charge in [0.1, 0.15) is 0 Å². The number of amides is 1. The third kappa shape index (κ3) is 3.63. The number of aromatic amines is 1. The van der Waals surface area contributed by atoms with Gasteiger partial charge in [0.25, 0.3) is 5.91 Å². The predicted octanol–water partition coefficient (Wildman–Crippen LogP) is 3.71. The third-order valence-corrected chi connectivity index (χ3v) is 5.57.